The Morgan fingerprint density at radius 2 is 0.821 bits per heavy atom. The Labute approximate surface area is 392 Å². The van der Waals surface area contributed by atoms with Gasteiger partial charge in [0.2, 0.25) is 0 Å². The van der Waals surface area contributed by atoms with Crippen LogP contribution >= 0.6 is 0 Å². The summed E-state index contributed by atoms with van der Waals surface area (Å²) in [5.41, 5.74) is 26.9. The van der Waals surface area contributed by atoms with Crippen LogP contribution in [0.3, 0.4) is 0 Å². The molecule has 0 aromatic heterocycles. The van der Waals surface area contributed by atoms with Crippen molar-refractivity contribution in [3.8, 4) is 22.3 Å². The number of anilines is 9. The molecule has 67 heavy (non-hydrogen) atoms. The van der Waals surface area contributed by atoms with Gasteiger partial charge in [-0.05, 0) is 148 Å². The summed E-state index contributed by atoms with van der Waals surface area (Å²) >= 11 is 0. The van der Waals surface area contributed by atoms with Crippen molar-refractivity contribution < 1.29 is 0 Å². The van der Waals surface area contributed by atoms with Crippen LogP contribution in [-0.2, 0) is 5.41 Å². The maximum Gasteiger partial charge on any atom is 0.252 e. The molecule has 0 atom stereocenters. The molecule has 0 amide bonds. The molecule has 2 aliphatic heterocycles. The highest BCUT2D eigenvalue weighted by molar-refractivity contribution is 7.00. The first kappa shape index (κ1) is 38.0. The fourth-order valence-electron chi connectivity index (χ4n) is 12.3. The first-order chi connectivity index (χ1) is 33.1. The molecular formula is C63H44BN3. The predicted octanol–water partition coefficient (Wildman–Crippen LogP) is 14.2. The minimum absolute atomic E-state index is 0.00918. The summed E-state index contributed by atoms with van der Waals surface area (Å²) in [5.74, 6) is 0. The molecule has 0 N–H and O–H groups in total. The monoisotopic (exact) mass is 853 g/mol. The van der Waals surface area contributed by atoms with Gasteiger partial charge < -0.3 is 14.7 Å². The summed E-state index contributed by atoms with van der Waals surface area (Å²) in [4.78, 5) is 7.51. The van der Waals surface area contributed by atoms with Crippen LogP contribution in [0.4, 0.5) is 51.2 Å². The van der Waals surface area contributed by atoms with Crippen LogP contribution in [0.15, 0.2) is 231 Å². The lowest BCUT2D eigenvalue weighted by Gasteiger charge is -2.45. The molecule has 3 nitrogen and oxygen atoms in total. The van der Waals surface area contributed by atoms with Crippen LogP contribution in [0.1, 0.15) is 33.4 Å². The van der Waals surface area contributed by atoms with E-state index in [1.165, 1.54) is 94.8 Å². The Balaban J connectivity index is 1.07. The summed E-state index contributed by atoms with van der Waals surface area (Å²) in [5, 5.41) is 0. The lowest BCUT2D eigenvalue weighted by atomic mass is 9.33. The average Bonchev–Trinajstić information content (AvgIpc) is 3.84. The van der Waals surface area contributed by atoms with Gasteiger partial charge in [-0.25, -0.2) is 0 Å². The van der Waals surface area contributed by atoms with Gasteiger partial charge in [0.25, 0.3) is 6.71 Å². The zero-order valence-corrected chi connectivity index (χ0v) is 37.4. The van der Waals surface area contributed by atoms with Gasteiger partial charge in [0.05, 0.1) is 11.1 Å². The smallest absolute Gasteiger partial charge is 0.252 e. The first-order valence-electron chi connectivity index (χ1n) is 23.5. The summed E-state index contributed by atoms with van der Waals surface area (Å²) in [6.45, 7) is 4.41. The zero-order valence-electron chi connectivity index (χ0n) is 37.4. The second-order valence-corrected chi connectivity index (χ2v) is 18.6. The Kier molecular flexibility index (Phi) is 8.12. The van der Waals surface area contributed by atoms with Crippen molar-refractivity contribution in [1.82, 2.24) is 0 Å². The molecule has 2 heterocycles. The van der Waals surface area contributed by atoms with Crippen LogP contribution in [0.5, 0.6) is 0 Å². The zero-order chi connectivity index (χ0) is 44.4. The maximum atomic E-state index is 2.57. The third-order valence-corrected chi connectivity index (χ3v) is 14.9. The molecule has 0 unspecified atom stereocenters. The molecule has 4 heteroatoms. The molecule has 0 saturated heterocycles. The first-order valence-corrected chi connectivity index (χ1v) is 23.5. The van der Waals surface area contributed by atoms with E-state index in [9.17, 15) is 0 Å². The maximum absolute atomic E-state index is 2.57. The van der Waals surface area contributed by atoms with Gasteiger partial charge in [-0.15, -0.1) is 0 Å². The molecule has 1 spiro atoms. The van der Waals surface area contributed by atoms with E-state index in [4.69, 9.17) is 0 Å². The molecule has 4 aliphatic rings. The second kappa shape index (κ2) is 14.3. The number of nitrogens with zero attached hydrogens (tertiary/aromatic N) is 3. The molecule has 2 aliphatic carbocycles. The van der Waals surface area contributed by atoms with E-state index in [-0.39, 0.29) is 6.71 Å². The van der Waals surface area contributed by atoms with Gasteiger partial charge in [0.1, 0.15) is 0 Å². The molecule has 10 aromatic rings. The summed E-state index contributed by atoms with van der Waals surface area (Å²) in [6, 6.07) is 86.4. The van der Waals surface area contributed by atoms with Gasteiger partial charge in [0, 0.05) is 45.5 Å². The molecule has 14 rings (SSSR count). The Morgan fingerprint density at radius 1 is 0.343 bits per heavy atom. The lowest BCUT2D eigenvalue weighted by Crippen LogP contribution is -2.61. The largest absolute Gasteiger partial charge is 0.311 e. The molecule has 0 fully saturated rings. The number of aryl methyl sites for hydroxylation is 2. The molecule has 0 radical (unpaired) electrons. The van der Waals surface area contributed by atoms with Crippen molar-refractivity contribution in [2.24, 2.45) is 0 Å². The number of fused-ring (bicyclic) bond motifs is 14. The van der Waals surface area contributed by atoms with Crippen LogP contribution in [-0.4, -0.2) is 6.71 Å². The van der Waals surface area contributed by atoms with E-state index in [0.29, 0.717) is 0 Å². The van der Waals surface area contributed by atoms with E-state index in [2.05, 4.69) is 259 Å². The van der Waals surface area contributed by atoms with Crippen LogP contribution < -0.4 is 31.1 Å². The normalized spacial score (nSPS) is 13.9. The van der Waals surface area contributed by atoms with Crippen molar-refractivity contribution in [1.29, 1.82) is 0 Å². The van der Waals surface area contributed by atoms with E-state index in [1.54, 1.807) is 0 Å². The summed E-state index contributed by atoms with van der Waals surface area (Å²) < 4.78 is 0. The minimum atomic E-state index is -0.413. The highest BCUT2D eigenvalue weighted by atomic mass is 15.2. The molecule has 314 valence electrons. The van der Waals surface area contributed by atoms with Crippen LogP contribution in [0.25, 0.3) is 22.3 Å². The fraction of sp³-hybridized carbons (Fsp3) is 0.0476. The highest BCUT2D eigenvalue weighted by Gasteiger charge is 2.52. The van der Waals surface area contributed by atoms with Crippen molar-refractivity contribution in [2.75, 3.05) is 14.7 Å². The van der Waals surface area contributed by atoms with Crippen LogP contribution in [0.2, 0.25) is 0 Å². The van der Waals surface area contributed by atoms with Gasteiger partial charge in [-0.1, -0.05) is 169 Å². The molecule has 0 bridgehead atoms. The van der Waals surface area contributed by atoms with E-state index in [0.717, 1.165) is 28.4 Å². The quantitative estimate of drug-likeness (QED) is 0.160. The minimum Gasteiger partial charge on any atom is -0.311 e. The van der Waals surface area contributed by atoms with Crippen molar-refractivity contribution in [2.45, 2.75) is 19.3 Å². The molecule has 10 aromatic carbocycles. The third kappa shape index (κ3) is 5.30. The van der Waals surface area contributed by atoms with Gasteiger partial charge >= 0.3 is 0 Å². The Hall–Kier alpha value is -8.34. The summed E-state index contributed by atoms with van der Waals surface area (Å²) in [7, 11) is 0. The summed E-state index contributed by atoms with van der Waals surface area (Å²) in [6.07, 6.45) is 0. The Bertz CT molecular complexity index is 3550. The topological polar surface area (TPSA) is 9.72 Å². The number of rotatable bonds is 5. The molecule has 0 saturated carbocycles. The number of hydrogen-bond acceptors (Lipinski definition) is 3. The standard InChI is InChI=1S/C63H44BN3/c1-41-29-32-45(33-30-41)66-59-36-31-42(2)37-57(59)64-56-27-15-16-28-58(56)67(61-40-47(39-60(66)62(61)64)65(43-17-5-3-6-18-43)44-19-7-4-8-20-44)46-34-35-55-51(38-46)50-23-11-14-26-54(50)63(55)52-24-12-9-21-48(52)49-22-10-13-25-53(49)63/h3-40H,1-2H3. The molecular weight excluding hydrogens is 810 g/mol. The number of benzene rings is 10. The van der Waals surface area contributed by atoms with Crippen molar-refractivity contribution in [3.05, 3.63) is 264 Å². The van der Waals surface area contributed by atoms with E-state index in [1.807, 2.05) is 0 Å². The lowest BCUT2D eigenvalue weighted by molar-refractivity contribution is 0.794. The van der Waals surface area contributed by atoms with Gasteiger partial charge in [-0.2, -0.15) is 0 Å². The predicted molar refractivity (Wildman–Crippen MR) is 281 cm³/mol. The van der Waals surface area contributed by atoms with Crippen molar-refractivity contribution >= 4 is 74.3 Å². The second-order valence-electron chi connectivity index (χ2n) is 18.6. The SMILES string of the molecule is Cc1ccc(N2c3ccc(C)cc3B3c4ccccc4N(c4ccc5c(c4)-c4ccccc4C54c5ccccc5-c5ccccc54)c4cc(N(c5ccccc5)c5ccccc5)cc2c43)cc1. The van der Waals surface area contributed by atoms with E-state index >= 15 is 0 Å². The van der Waals surface area contributed by atoms with E-state index < -0.39 is 5.41 Å². The number of para-hydroxylation sites is 3. The average molecular weight is 854 g/mol. The van der Waals surface area contributed by atoms with Gasteiger partial charge in [-0.3, -0.25) is 0 Å². The Morgan fingerprint density at radius 3 is 1.45 bits per heavy atom. The third-order valence-electron chi connectivity index (χ3n) is 14.9. The van der Waals surface area contributed by atoms with Crippen molar-refractivity contribution in [3.63, 3.8) is 0 Å². The fourth-order valence-corrected chi connectivity index (χ4v) is 12.3. The van der Waals surface area contributed by atoms with Crippen LogP contribution in [0, 0.1) is 13.8 Å². The number of hydrogen-bond donors (Lipinski definition) is 0. The highest BCUT2D eigenvalue weighted by Crippen LogP contribution is 2.63. The van der Waals surface area contributed by atoms with Gasteiger partial charge in [0.15, 0.2) is 0 Å².